The summed E-state index contributed by atoms with van der Waals surface area (Å²) in [6.07, 6.45) is 10.0. The van der Waals surface area contributed by atoms with Crippen molar-refractivity contribution >= 4 is 17.7 Å². The SMILES string of the molecule is CC.CC.CC.CC.CC.CC.CCC.CCCCC/C=C\C=C\C(=O)OC1C(C)C2(O)C(C3OC3(CO)C(O)C3(O)C(=O)C(C)=CC32)C2C(C)(C)C12OC(=O)C(C)CC. The van der Waals surface area contributed by atoms with Crippen LogP contribution in [0.4, 0.5) is 0 Å². The quantitative estimate of drug-likeness (QED) is 0.0517. The molecular formula is C50H94O10. The Kier molecular flexibility index (Phi) is 29.3. The summed E-state index contributed by atoms with van der Waals surface area (Å²) < 4.78 is 18.5. The Morgan fingerprint density at radius 3 is 1.88 bits per heavy atom. The molecule has 60 heavy (non-hydrogen) atoms. The number of hydrogen-bond acceptors (Lipinski definition) is 10. The minimum absolute atomic E-state index is 0.158. The number of ether oxygens (including phenoxy) is 3. The molecule has 0 bridgehead atoms. The number of ketones is 1. The van der Waals surface area contributed by atoms with E-state index in [1.165, 1.54) is 25.5 Å². The summed E-state index contributed by atoms with van der Waals surface area (Å²) in [6.45, 7) is 40.2. The van der Waals surface area contributed by atoms with Gasteiger partial charge in [-0.1, -0.05) is 182 Å². The summed E-state index contributed by atoms with van der Waals surface area (Å²) in [4.78, 5) is 40.3. The standard InChI is InChI=1S/C35H50O10.C3H8.6C2H6/c1-8-10-11-12-13-14-15-16-23(37)43-27-21(5)33(41)22-17-20(4)26(38)34(22,42)30(40)32(18-36)28(44-32)24(33)25-31(6,7)35(25,27)45-29(39)19(3)9-2;1-3-2;6*1-2/h13-17,19,21-22,24-25,27-28,30,36,40-42H,8-12,18H2,1-7H3;3H2,1-2H3;6*1-2H3/b14-13-,16-15+;;;;;;;. The van der Waals surface area contributed by atoms with Gasteiger partial charge in [-0.05, 0) is 31.8 Å². The lowest BCUT2D eigenvalue weighted by molar-refractivity contribution is -0.244. The molecule has 1 aliphatic heterocycles. The molecule has 4 aliphatic carbocycles. The molecule has 4 fully saturated rings. The van der Waals surface area contributed by atoms with Gasteiger partial charge in [0.15, 0.2) is 17.0 Å². The third kappa shape index (κ3) is 11.4. The van der Waals surface area contributed by atoms with E-state index in [0.717, 1.165) is 25.7 Å². The summed E-state index contributed by atoms with van der Waals surface area (Å²) in [7, 11) is 0. The maximum Gasteiger partial charge on any atom is 0.331 e. The topological polar surface area (TPSA) is 163 Å². The number of rotatable bonds is 11. The third-order valence-electron chi connectivity index (χ3n) is 12.0. The average molecular weight is 855 g/mol. The fourth-order valence-corrected chi connectivity index (χ4v) is 9.09. The van der Waals surface area contributed by atoms with Crippen molar-refractivity contribution in [1.82, 2.24) is 0 Å². The van der Waals surface area contributed by atoms with Gasteiger partial charge in [0.2, 0.25) is 0 Å². The number of esters is 2. The zero-order valence-corrected chi connectivity index (χ0v) is 42.2. The number of carbonyl (C=O) groups excluding carboxylic acids is 3. The molecule has 1 heterocycles. The van der Waals surface area contributed by atoms with E-state index in [2.05, 4.69) is 20.8 Å². The van der Waals surface area contributed by atoms with Crippen molar-refractivity contribution in [2.24, 2.45) is 35.0 Å². The molecule has 0 radical (unpaired) electrons. The van der Waals surface area contributed by atoms with Crippen molar-refractivity contribution in [3.8, 4) is 0 Å². The summed E-state index contributed by atoms with van der Waals surface area (Å²) in [5.74, 6) is -6.27. The van der Waals surface area contributed by atoms with Gasteiger partial charge in [0.25, 0.3) is 0 Å². The van der Waals surface area contributed by atoms with Crippen LogP contribution in [0.5, 0.6) is 0 Å². The molecule has 5 aliphatic rings. The van der Waals surface area contributed by atoms with Crippen LogP contribution in [-0.2, 0) is 28.6 Å². The van der Waals surface area contributed by atoms with Gasteiger partial charge >= 0.3 is 11.9 Å². The lowest BCUT2D eigenvalue weighted by atomic mass is 9.58. The molecule has 5 rings (SSSR count). The molecule has 0 aromatic heterocycles. The molecule has 0 aromatic rings. The highest BCUT2D eigenvalue weighted by molar-refractivity contribution is 6.05. The van der Waals surface area contributed by atoms with Crippen LogP contribution in [0, 0.1) is 35.0 Å². The van der Waals surface area contributed by atoms with Gasteiger partial charge in [-0.25, -0.2) is 4.79 Å². The molecule has 3 saturated carbocycles. The maximum absolute atomic E-state index is 13.5. The van der Waals surface area contributed by atoms with E-state index in [-0.39, 0.29) is 5.57 Å². The van der Waals surface area contributed by atoms with Crippen LogP contribution in [-0.4, -0.2) is 85.5 Å². The smallest absolute Gasteiger partial charge is 0.331 e. The number of aliphatic hydroxyl groups excluding tert-OH is 2. The highest BCUT2D eigenvalue weighted by atomic mass is 16.6. The van der Waals surface area contributed by atoms with Gasteiger partial charge in [-0.2, -0.15) is 0 Å². The summed E-state index contributed by atoms with van der Waals surface area (Å²) in [5, 5.41) is 47.1. The van der Waals surface area contributed by atoms with Gasteiger partial charge in [0.05, 0.1) is 24.2 Å². The first-order valence-corrected chi connectivity index (χ1v) is 23.9. The number of hydrogen-bond donors (Lipinski definition) is 4. The van der Waals surface area contributed by atoms with Crippen LogP contribution >= 0.6 is 0 Å². The second-order valence-electron chi connectivity index (χ2n) is 15.3. The molecule has 0 amide bonds. The number of carbonyl (C=O) groups is 3. The zero-order chi connectivity index (χ0) is 48.0. The fourth-order valence-electron chi connectivity index (χ4n) is 9.09. The molecule has 354 valence electrons. The van der Waals surface area contributed by atoms with E-state index in [9.17, 15) is 34.8 Å². The summed E-state index contributed by atoms with van der Waals surface area (Å²) in [5.41, 5.74) is -8.27. The Balaban J connectivity index is -0.00000194. The monoisotopic (exact) mass is 855 g/mol. The highest BCUT2D eigenvalue weighted by Gasteiger charge is 2.93. The van der Waals surface area contributed by atoms with E-state index < -0.39 is 100 Å². The minimum Gasteiger partial charge on any atom is -0.455 e. The first-order chi connectivity index (χ1) is 28.5. The van der Waals surface area contributed by atoms with Crippen LogP contribution in [0.15, 0.2) is 36.0 Å². The van der Waals surface area contributed by atoms with Crippen molar-refractivity contribution in [3.05, 3.63) is 36.0 Å². The second kappa shape index (κ2) is 28.3. The van der Waals surface area contributed by atoms with Crippen molar-refractivity contribution < 1.29 is 49.0 Å². The number of unbranched alkanes of at least 4 members (excludes halogenated alkanes) is 3. The molecule has 0 aromatic carbocycles. The van der Waals surface area contributed by atoms with E-state index in [0.29, 0.717) is 6.42 Å². The van der Waals surface area contributed by atoms with Crippen molar-refractivity contribution in [2.45, 2.75) is 225 Å². The van der Waals surface area contributed by atoms with Crippen LogP contribution in [0.1, 0.15) is 184 Å². The summed E-state index contributed by atoms with van der Waals surface area (Å²) in [6, 6.07) is 0. The Morgan fingerprint density at radius 2 is 1.42 bits per heavy atom. The van der Waals surface area contributed by atoms with Gasteiger partial charge in [0, 0.05) is 35.2 Å². The van der Waals surface area contributed by atoms with E-state index in [1.807, 2.05) is 110 Å². The van der Waals surface area contributed by atoms with Gasteiger partial charge < -0.3 is 34.6 Å². The largest absolute Gasteiger partial charge is 0.455 e. The normalized spacial score (nSPS) is 34.5. The number of fused-ring (bicyclic) bond motifs is 7. The number of allylic oxidation sites excluding steroid dienone is 3. The molecule has 10 heteroatoms. The van der Waals surface area contributed by atoms with Crippen molar-refractivity contribution in [1.29, 1.82) is 0 Å². The van der Waals surface area contributed by atoms with Crippen molar-refractivity contribution in [2.75, 3.05) is 6.61 Å². The first-order valence-electron chi connectivity index (χ1n) is 23.9. The van der Waals surface area contributed by atoms with Gasteiger partial charge in [0.1, 0.15) is 17.8 Å². The van der Waals surface area contributed by atoms with Gasteiger partial charge in [-0.15, -0.1) is 0 Å². The van der Waals surface area contributed by atoms with E-state index in [1.54, 1.807) is 26.0 Å². The van der Waals surface area contributed by atoms with Crippen LogP contribution in [0.25, 0.3) is 0 Å². The predicted molar refractivity (Wildman–Crippen MR) is 247 cm³/mol. The fraction of sp³-hybridized carbons (Fsp3) is 0.820. The lowest BCUT2D eigenvalue weighted by Crippen LogP contribution is -2.69. The lowest BCUT2D eigenvalue weighted by Gasteiger charge is -2.53. The second-order valence-corrected chi connectivity index (χ2v) is 15.3. The molecule has 12 atom stereocenters. The number of epoxide rings is 1. The minimum atomic E-state index is -2.50. The average Bonchev–Trinajstić information content (AvgIpc) is 4.11. The van der Waals surface area contributed by atoms with E-state index >= 15 is 0 Å². The first kappa shape index (κ1) is 61.9. The molecule has 12 unspecified atom stereocenters. The molecule has 1 saturated heterocycles. The predicted octanol–water partition coefficient (Wildman–Crippen LogP) is 10.5. The summed E-state index contributed by atoms with van der Waals surface area (Å²) >= 11 is 0. The molecule has 4 N–H and O–H groups in total. The number of aliphatic hydroxyl groups is 4. The maximum atomic E-state index is 13.5. The van der Waals surface area contributed by atoms with Crippen LogP contribution < -0.4 is 0 Å². The Hall–Kier alpha value is -2.37. The van der Waals surface area contributed by atoms with Crippen LogP contribution in [0.3, 0.4) is 0 Å². The Bertz CT molecular complexity index is 1340. The zero-order valence-electron chi connectivity index (χ0n) is 42.2. The Morgan fingerprint density at radius 1 is 0.900 bits per heavy atom. The van der Waals surface area contributed by atoms with E-state index in [4.69, 9.17) is 14.2 Å². The Labute approximate surface area is 368 Å². The molecular weight excluding hydrogens is 761 g/mol. The molecule has 10 nitrogen and oxygen atoms in total. The molecule has 0 spiro atoms. The third-order valence-corrected chi connectivity index (χ3v) is 12.0. The van der Waals surface area contributed by atoms with Gasteiger partial charge in [-0.3, -0.25) is 9.59 Å². The number of Topliss-reactive ketones (excluding diaryl/α,β-unsaturated/α-hetero) is 1. The van der Waals surface area contributed by atoms with Crippen molar-refractivity contribution in [3.63, 3.8) is 0 Å². The van der Waals surface area contributed by atoms with Crippen LogP contribution in [0.2, 0.25) is 0 Å². The highest BCUT2D eigenvalue weighted by Crippen LogP contribution is 2.80.